The highest BCUT2D eigenvalue weighted by atomic mass is 16.2. The van der Waals surface area contributed by atoms with Crippen molar-refractivity contribution >= 4 is 17.5 Å². The van der Waals surface area contributed by atoms with E-state index < -0.39 is 0 Å². The summed E-state index contributed by atoms with van der Waals surface area (Å²) in [5.41, 5.74) is 1.86. The Kier molecular flexibility index (Phi) is 4.32. The Hall–Kier alpha value is -1.88. The second-order valence-electron chi connectivity index (χ2n) is 6.17. The Labute approximate surface area is 125 Å². The van der Waals surface area contributed by atoms with Gasteiger partial charge in [0.05, 0.1) is 5.41 Å². The van der Waals surface area contributed by atoms with Crippen LogP contribution in [0.25, 0.3) is 0 Å². The lowest BCUT2D eigenvalue weighted by molar-refractivity contribution is -0.123. The summed E-state index contributed by atoms with van der Waals surface area (Å²) >= 11 is 0. The third-order valence-electron chi connectivity index (χ3n) is 4.06. The van der Waals surface area contributed by atoms with E-state index in [1.54, 1.807) is 26.2 Å². The molecule has 0 aliphatic carbocycles. The molecule has 21 heavy (non-hydrogen) atoms. The molecule has 0 saturated carbocycles. The summed E-state index contributed by atoms with van der Waals surface area (Å²) < 4.78 is 0. The fourth-order valence-electron chi connectivity index (χ4n) is 2.43. The molecule has 1 saturated heterocycles. The summed E-state index contributed by atoms with van der Waals surface area (Å²) in [4.78, 5) is 26.0. The maximum Gasteiger partial charge on any atom is 0.253 e. The van der Waals surface area contributed by atoms with Crippen molar-refractivity contribution in [3.8, 4) is 0 Å². The quantitative estimate of drug-likeness (QED) is 0.889. The first-order valence-corrected chi connectivity index (χ1v) is 7.18. The lowest BCUT2D eigenvalue weighted by Gasteiger charge is -2.22. The fraction of sp³-hybridized carbons (Fsp3) is 0.500. The molecule has 114 valence electrons. The fourth-order valence-corrected chi connectivity index (χ4v) is 2.43. The molecule has 1 aliphatic heterocycles. The lowest BCUT2D eigenvalue weighted by atomic mass is 9.88. The first-order valence-electron chi connectivity index (χ1n) is 7.18. The molecule has 0 aromatic heterocycles. The molecule has 0 radical (unpaired) electrons. The normalized spacial score (nSPS) is 21.1. The highest BCUT2D eigenvalue weighted by Crippen LogP contribution is 2.27. The number of benzene rings is 1. The largest absolute Gasteiger partial charge is 0.345 e. The van der Waals surface area contributed by atoms with Gasteiger partial charge in [0, 0.05) is 31.9 Å². The average Bonchev–Trinajstić information content (AvgIpc) is 2.88. The van der Waals surface area contributed by atoms with Crippen molar-refractivity contribution in [2.75, 3.05) is 32.5 Å². The third kappa shape index (κ3) is 3.24. The maximum atomic E-state index is 12.5. The molecule has 1 aromatic rings. The van der Waals surface area contributed by atoms with Gasteiger partial charge < -0.3 is 15.5 Å². The van der Waals surface area contributed by atoms with Crippen LogP contribution in [-0.4, -0.2) is 43.9 Å². The predicted molar refractivity (Wildman–Crippen MR) is 83.4 cm³/mol. The Bertz CT molecular complexity index is 561. The minimum atomic E-state index is -0.381. The second kappa shape index (κ2) is 5.85. The molecule has 1 heterocycles. The summed E-state index contributed by atoms with van der Waals surface area (Å²) in [6.07, 6.45) is 0.828. The lowest BCUT2D eigenvalue weighted by Crippen LogP contribution is -2.35. The molecule has 1 fully saturated rings. The summed E-state index contributed by atoms with van der Waals surface area (Å²) in [7, 11) is 3.43. The highest BCUT2D eigenvalue weighted by molar-refractivity contribution is 5.99. The van der Waals surface area contributed by atoms with Crippen molar-refractivity contribution in [1.29, 1.82) is 0 Å². The van der Waals surface area contributed by atoms with E-state index in [0.717, 1.165) is 18.5 Å². The molecule has 1 unspecified atom stereocenters. The number of amides is 2. The van der Waals surface area contributed by atoms with E-state index in [-0.39, 0.29) is 17.2 Å². The van der Waals surface area contributed by atoms with Crippen LogP contribution in [0.3, 0.4) is 0 Å². The van der Waals surface area contributed by atoms with Crippen molar-refractivity contribution in [3.05, 3.63) is 29.3 Å². The van der Waals surface area contributed by atoms with Crippen molar-refractivity contribution < 1.29 is 9.59 Å². The Morgan fingerprint density at radius 3 is 2.62 bits per heavy atom. The number of carbonyl (C=O) groups excluding carboxylic acids is 2. The molecule has 5 heteroatoms. The monoisotopic (exact) mass is 289 g/mol. The van der Waals surface area contributed by atoms with Crippen molar-refractivity contribution in [1.82, 2.24) is 10.2 Å². The van der Waals surface area contributed by atoms with E-state index in [1.165, 1.54) is 4.90 Å². The van der Waals surface area contributed by atoms with Gasteiger partial charge in [-0.15, -0.1) is 0 Å². The van der Waals surface area contributed by atoms with Crippen LogP contribution in [0, 0.1) is 12.3 Å². The van der Waals surface area contributed by atoms with Gasteiger partial charge in [-0.3, -0.25) is 9.59 Å². The predicted octanol–water partition coefficient (Wildman–Crippen LogP) is 1.63. The van der Waals surface area contributed by atoms with Gasteiger partial charge in [0.15, 0.2) is 0 Å². The molecule has 1 aliphatic rings. The van der Waals surface area contributed by atoms with Gasteiger partial charge in [0.1, 0.15) is 0 Å². The smallest absolute Gasteiger partial charge is 0.253 e. The van der Waals surface area contributed by atoms with Crippen LogP contribution in [0.4, 0.5) is 5.69 Å². The van der Waals surface area contributed by atoms with Crippen LogP contribution in [0.1, 0.15) is 29.3 Å². The number of nitrogens with zero attached hydrogens (tertiary/aromatic N) is 1. The molecule has 2 N–H and O–H groups in total. The van der Waals surface area contributed by atoms with Crippen LogP contribution >= 0.6 is 0 Å². The van der Waals surface area contributed by atoms with E-state index in [2.05, 4.69) is 10.6 Å². The van der Waals surface area contributed by atoms with E-state index >= 15 is 0 Å². The molecular weight excluding hydrogens is 266 g/mol. The molecule has 0 bridgehead atoms. The molecule has 1 atom stereocenters. The molecular formula is C16H23N3O2. The minimum absolute atomic E-state index is 0.00468. The average molecular weight is 289 g/mol. The minimum Gasteiger partial charge on any atom is -0.345 e. The van der Waals surface area contributed by atoms with Crippen LogP contribution < -0.4 is 10.6 Å². The van der Waals surface area contributed by atoms with E-state index in [4.69, 9.17) is 0 Å². The van der Waals surface area contributed by atoms with Gasteiger partial charge in [-0.25, -0.2) is 0 Å². The summed E-state index contributed by atoms with van der Waals surface area (Å²) in [5.74, 6) is -0.0655. The number of hydrogen-bond donors (Lipinski definition) is 2. The summed E-state index contributed by atoms with van der Waals surface area (Å²) in [6.45, 7) is 5.44. The van der Waals surface area contributed by atoms with Gasteiger partial charge >= 0.3 is 0 Å². The van der Waals surface area contributed by atoms with Gasteiger partial charge in [0.25, 0.3) is 5.91 Å². The Morgan fingerprint density at radius 2 is 2.05 bits per heavy atom. The van der Waals surface area contributed by atoms with Crippen molar-refractivity contribution in [2.24, 2.45) is 5.41 Å². The SMILES string of the molecule is Cc1ccc(C(=O)N(C)C)cc1NC(=O)C1(C)CCNC1. The van der Waals surface area contributed by atoms with Crippen LogP contribution in [0.15, 0.2) is 18.2 Å². The van der Waals surface area contributed by atoms with Gasteiger partial charge in [-0.1, -0.05) is 6.07 Å². The van der Waals surface area contributed by atoms with E-state index in [1.807, 2.05) is 19.9 Å². The molecule has 2 amide bonds. The first-order chi connectivity index (χ1) is 9.83. The number of rotatable bonds is 3. The van der Waals surface area contributed by atoms with Gasteiger partial charge in [-0.2, -0.15) is 0 Å². The standard InChI is InChI=1S/C16H23N3O2/c1-11-5-6-12(14(20)19(3)4)9-13(11)18-15(21)16(2)7-8-17-10-16/h5-6,9,17H,7-8,10H2,1-4H3,(H,18,21). The number of nitrogens with one attached hydrogen (secondary N) is 2. The van der Waals surface area contributed by atoms with E-state index in [9.17, 15) is 9.59 Å². The molecule has 2 rings (SSSR count). The Morgan fingerprint density at radius 1 is 1.33 bits per heavy atom. The number of carbonyl (C=O) groups is 2. The molecule has 0 spiro atoms. The topological polar surface area (TPSA) is 61.4 Å². The van der Waals surface area contributed by atoms with Crippen molar-refractivity contribution in [2.45, 2.75) is 20.3 Å². The zero-order valence-corrected chi connectivity index (χ0v) is 13.1. The first kappa shape index (κ1) is 15.5. The number of hydrogen-bond acceptors (Lipinski definition) is 3. The van der Waals surface area contributed by atoms with E-state index in [0.29, 0.717) is 17.8 Å². The number of aryl methyl sites for hydroxylation is 1. The third-order valence-corrected chi connectivity index (χ3v) is 4.06. The van der Waals surface area contributed by atoms with Crippen LogP contribution in [-0.2, 0) is 4.79 Å². The van der Waals surface area contributed by atoms with Crippen molar-refractivity contribution in [3.63, 3.8) is 0 Å². The maximum absolute atomic E-state index is 12.5. The molecule has 5 nitrogen and oxygen atoms in total. The van der Waals surface area contributed by atoms with Gasteiger partial charge in [0.2, 0.25) is 5.91 Å². The summed E-state index contributed by atoms with van der Waals surface area (Å²) in [6, 6.07) is 5.40. The second-order valence-corrected chi connectivity index (χ2v) is 6.17. The Balaban J connectivity index is 2.21. The highest BCUT2D eigenvalue weighted by Gasteiger charge is 2.36. The zero-order valence-electron chi connectivity index (χ0n) is 13.1. The van der Waals surface area contributed by atoms with Crippen LogP contribution in [0.2, 0.25) is 0 Å². The summed E-state index contributed by atoms with van der Waals surface area (Å²) in [5, 5.41) is 6.19. The molecule has 1 aromatic carbocycles. The van der Waals surface area contributed by atoms with Gasteiger partial charge in [-0.05, 0) is 44.5 Å². The van der Waals surface area contributed by atoms with Crippen LogP contribution in [0.5, 0.6) is 0 Å². The zero-order chi connectivity index (χ0) is 15.6. The number of anilines is 1.